The van der Waals surface area contributed by atoms with Gasteiger partial charge in [0.1, 0.15) is 5.69 Å². The maximum atomic E-state index is 9.85. The van der Waals surface area contributed by atoms with Gasteiger partial charge in [0.05, 0.1) is 6.10 Å². The largest absolute Gasteiger partial charge is 0.409 e. The van der Waals surface area contributed by atoms with Crippen molar-refractivity contribution in [1.82, 2.24) is 9.97 Å². The van der Waals surface area contributed by atoms with Gasteiger partial charge in [-0.2, -0.15) is 0 Å². The van der Waals surface area contributed by atoms with Crippen molar-refractivity contribution in [2.75, 3.05) is 18.0 Å². The highest BCUT2D eigenvalue weighted by atomic mass is 16.4. The molecule has 2 atom stereocenters. The lowest BCUT2D eigenvalue weighted by molar-refractivity contribution is 0.102. The molecule has 1 aliphatic heterocycles. The van der Waals surface area contributed by atoms with Crippen LogP contribution in [0, 0.1) is 5.92 Å². The van der Waals surface area contributed by atoms with E-state index in [0.29, 0.717) is 18.2 Å². The molecule has 1 saturated heterocycles. The van der Waals surface area contributed by atoms with E-state index in [0.717, 1.165) is 13.0 Å². The van der Waals surface area contributed by atoms with Gasteiger partial charge in [0.15, 0.2) is 5.84 Å². The molecule has 0 bridgehead atoms. The van der Waals surface area contributed by atoms with Crippen molar-refractivity contribution in [3.05, 3.63) is 18.0 Å². The highest BCUT2D eigenvalue weighted by Gasteiger charge is 2.25. The standard InChI is InChI=1S/C11H17N5O2/c1-7-3-5-16(6-9(7)17)11-13-4-2-8(14-11)10(12)15-18/h2,4,7,9,17-18H,3,5-6H2,1H3,(H2,12,15). The van der Waals surface area contributed by atoms with Crippen LogP contribution in [-0.4, -0.2) is 45.3 Å². The Bertz CT molecular complexity index is 451. The molecule has 1 aromatic rings. The molecule has 2 heterocycles. The predicted octanol–water partition coefficient (Wildman–Crippen LogP) is -0.222. The molecule has 0 amide bonds. The van der Waals surface area contributed by atoms with Gasteiger partial charge in [-0.1, -0.05) is 12.1 Å². The molecule has 4 N–H and O–H groups in total. The minimum Gasteiger partial charge on any atom is -0.409 e. The number of aromatic nitrogens is 2. The van der Waals surface area contributed by atoms with Crippen molar-refractivity contribution in [3.8, 4) is 0 Å². The van der Waals surface area contributed by atoms with Gasteiger partial charge in [-0.25, -0.2) is 9.97 Å². The molecule has 2 unspecified atom stereocenters. The number of rotatable bonds is 2. The van der Waals surface area contributed by atoms with E-state index < -0.39 is 0 Å². The third-order valence-electron chi connectivity index (χ3n) is 3.21. The molecule has 1 fully saturated rings. The van der Waals surface area contributed by atoms with Gasteiger partial charge in [0.2, 0.25) is 5.95 Å². The van der Waals surface area contributed by atoms with Crippen LogP contribution in [0.25, 0.3) is 0 Å². The van der Waals surface area contributed by atoms with Gasteiger partial charge in [-0.3, -0.25) is 0 Å². The summed E-state index contributed by atoms with van der Waals surface area (Å²) >= 11 is 0. The molecule has 18 heavy (non-hydrogen) atoms. The second kappa shape index (κ2) is 5.18. The summed E-state index contributed by atoms with van der Waals surface area (Å²) < 4.78 is 0. The van der Waals surface area contributed by atoms with Gasteiger partial charge in [0.25, 0.3) is 0 Å². The van der Waals surface area contributed by atoms with E-state index in [9.17, 15) is 5.11 Å². The molecular weight excluding hydrogens is 234 g/mol. The van der Waals surface area contributed by atoms with Crippen LogP contribution in [0.2, 0.25) is 0 Å². The topological polar surface area (TPSA) is 108 Å². The zero-order valence-corrected chi connectivity index (χ0v) is 10.2. The first kappa shape index (κ1) is 12.6. The van der Waals surface area contributed by atoms with Crippen molar-refractivity contribution in [2.24, 2.45) is 16.8 Å². The summed E-state index contributed by atoms with van der Waals surface area (Å²) in [6, 6.07) is 1.57. The molecule has 0 aromatic carbocycles. The van der Waals surface area contributed by atoms with Gasteiger partial charge in [0, 0.05) is 19.3 Å². The second-order valence-electron chi connectivity index (χ2n) is 4.51. The summed E-state index contributed by atoms with van der Waals surface area (Å²) in [5.74, 6) is 0.725. The lowest BCUT2D eigenvalue weighted by Crippen LogP contribution is -2.43. The fourth-order valence-corrected chi connectivity index (χ4v) is 1.93. The van der Waals surface area contributed by atoms with Crippen LogP contribution < -0.4 is 10.6 Å². The number of piperidine rings is 1. The number of aliphatic hydroxyl groups excluding tert-OH is 1. The van der Waals surface area contributed by atoms with Crippen LogP contribution in [-0.2, 0) is 0 Å². The van der Waals surface area contributed by atoms with Crippen LogP contribution in [0.15, 0.2) is 17.4 Å². The van der Waals surface area contributed by atoms with Crippen molar-refractivity contribution in [1.29, 1.82) is 0 Å². The van der Waals surface area contributed by atoms with Gasteiger partial charge in [-0.15, -0.1) is 0 Å². The molecule has 1 aromatic heterocycles. The molecule has 7 heteroatoms. The fraction of sp³-hybridized carbons (Fsp3) is 0.545. The Kier molecular flexibility index (Phi) is 3.61. The molecule has 0 saturated carbocycles. The van der Waals surface area contributed by atoms with Gasteiger partial charge >= 0.3 is 0 Å². The van der Waals surface area contributed by atoms with E-state index in [4.69, 9.17) is 10.9 Å². The van der Waals surface area contributed by atoms with E-state index in [1.54, 1.807) is 12.3 Å². The van der Waals surface area contributed by atoms with E-state index in [1.165, 1.54) is 0 Å². The minimum atomic E-state index is -0.380. The summed E-state index contributed by atoms with van der Waals surface area (Å²) in [6.07, 6.45) is 2.06. The third-order valence-corrected chi connectivity index (χ3v) is 3.21. The van der Waals surface area contributed by atoms with Crippen LogP contribution >= 0.6 is 0 Å². The second-order valence-corrected chi connectivity index (χ2v) is 4.51. The summed E-state index contributed by atoms with van der Waals surface area (Å²) in [5, 5.41) is 21.4. The first-order chi connectivity index (χ1) is 8.61. The van der Waals surface area contributed by atoms with Crippen molar-refractivity contribution >= 4 is 11.8 Å². The SMILES string of the molecule is CC1CCN(c2nccc(/C(N)=N/O)n2)CC1O. The fourth-order valence-electron chi connectivity index (χ4n) is 1.93. The van der Waals surface area contributed by atoms with Crippen LogP contribution in [0.3, 0.4) is 0 Å². The smallest absolute Gasteiger partial charge is 0.226 e. The van der Waals surface area contributed by atoms with Crippen molar-refractivity contribution in [2.45, 2.75) is 19.4 Å². The normalized spacial score (nSPS) is 25.2. The number of hydrogen-bond acceptors (Lipinski definition) is 6. The van der Waals surface area contributed by atoms with Crippen LogP contribution in [0.4, 0.5) is 5.95 Å². The highest BCUT2D eigenvalue weighted by Crippen LogP contribution is 2.20. The van der Waals surface area contributed by atoms with Crippen molar-refractivity contribution < 1.29 is 10.3 Å². The number of hydrogen-bond donors (Lipinski definition) is 3. The summed E-state index contributed by atoms with van der Waals surface area (Å²) in [5.41, 5.74) is 5.85. The average Bonchev–Trinajstić information content (AvgIpc) is 2.41. The first-order valence-corrected chi connectivity index (χ1v) is 5.85. The number of aliphatic hydroxyl groups is 1. The third kappa shape index (κ3) is 2.51. The number of oxime groups is 1. The number of nitrogens with two attached hydrogens (primary N) is 1. The Morgan fingerprint density at radius 1 is 1.61 bits per heavy atom. The molecule has 0 spiro atoms. The molecule has 0 radical (unpaired) electrons. The molecule has 1 aliphatic rings. The number of anilines is 1. The lowest BCUT2D eigenvalue weighted by atomic mass is 9.96. The van der Waals surface area contributed by atoms with Gasteiger partial charge in [-0.05, 0) is 18.4 Å². The minimum absolute atomic E-state index is 0.0513. The Morgan fingerprint density at radius 3 is 3.06 bits per heavy atom. The van der Waals surface area contributed by atoms with E-state index in [1.807, 2.05) is 11.8 Å². The Hall–Kier alpha value is -1.89. The van der Waals surface area contributed by atoms with Crippen LogP contribution in [0.5, 0.6) is 0 Å². The average molecular weight is 251 g/mol. The summed E-state index contributed by atoms with van der Waals surface area (Å²) in [4.78, 5) is 10.3. The highest BCUT2D eigenvalue weighted by molar-refractivity contribution is 5.95. The predicted molar refractivity (Wildman–Crippen MR) is 66.5 cm³/mol. The van der Waals surface area contributed by atoms with E-state index in [-0.39, 0.29) is 17.9 Å². The molecule has 98 valence electrons. The Morgan fingerprint density at radius 2 is 2.39 bits per heavy atom. The number of amidine groups is 1. The maximum absolute atomic E-state index is 9.85. The van der Waals surface area contributed by atoms with Crippen molar-refractivity contribution in [3.63, 3.8) is 0 Å². The van der Waals surface area contributed by atoms with Crippen LogP contribution in [0.1, 0.15) is 19.0 Å². The molecule has 2 rings (SSSR count). The number of nitrogens with zero attached hydrogens (tertiary/aromatic N) is 4. The lowest BCUT2D eigenvalue weighted by Gasteiger charge is -2.34. The summed E-state index contributed by atoms with van der Waals surface area (Å²) in [7, 11) is 0. The zero-order valence-electron chi connectivity index (χ0n) is 10.2. The number of β-amino-alcohol motifs (C(OH)–C–C–N with tert-alkyl or cyclic N) is 1. The Balaban J connectivity index is 2.19. The summed E-state index contributed by atoms with van der Waals surface area (Å²) in [6.45, 7) is 3.31. The Labute approximate surface area is 105 Å². The molecular formula is C11H17N5O2. The monoisotopic (exact) mass is 251 g/mol. The van der Waals surface area contributed by atoms with Gasteiger partial charge < -0.3 is 20.9 Å². The van der Waals surface area contributed by atoms with E-state index >= 15 is 0 Å². The quantitative estimate of drug-likeness (QED) is 0.290. The molecule has 0 aliphatic carbocycles. The molecule has 7 nitrogen and oxygen atoms in total. The zero-order chi connectivity index (χ0) is 13.1. The van der Waals surface area contributed by atoms with E-state index in [2.05, 4.69) is 15.1 Å². The maximum Gasteiger partial charge on any atom is 0.226 e. The first-order valence-electron chi connectivity index (χ1n) is 5.85.